The number of azo groups is 1. The largest absolute Gasteiger partial charge is 0.367 e. The highest BCUT2D eigenvalue weighted by atomic mass is 15.2. The zero-order valence-corrected chi connectivity index (χ0v) is 19.4. The van der Waals surface area contributed by atoms with Crippen molar-refractivity contribution in [2.45, 2.75) is 66.2 Å². The van der Waals surface area contributed by atoms with E-state index in [0.29, 0.717) is 30.6 Å². The van der Waals surface area contributed by atoms with Gasteiger partial charge in [-0.25, -0.2) is 0 Å². The fourth-order valence-electron chi connectivity index (χ4n) is 4.26. The second-order valence-corrected chi connectivity index (χ2v) is 8.91. The van der Waals surface area contributed by atoms with Gasteiger partial charge >= 0.3 is 0 Å². The Hall–Kier alpha value is -2.20. The monoisotopic (exact) mass is 394 g/mol. The van der Waals surface area contributed by atoms with E-state index < -0.39 is 0 Å². The molecule has 0 aromatic heterocycles. The molecule has 4 heteroatoms. The minimum atomic E-state index is 0.404. The summed E-state index contributed by atoms with van der Waals surface area (Å²) in [5.74, 6) is 0.550. The average molecular weight is 395 g/mol. The molecule has 0 heterocycles. The second kappa shape index (κ2) is 10.5. The van der Waals surface area contributed by atoms with Crippen LogP contribution in [0.3, 0.4) is 0 Å². The van der Waals surface area contributed by atoms with Crippen LogP contribution in [0.1, 0.15) is 58.7 Å². The summed E-state index contributed by atoms with van der Waals surface area (Å²) >= 11 is 0. The average Bonchev–Trinajstić information content (AvgIpc) is 2.61. The molecule has 29 heavy (non-hydrogen) atoms. The van der Waals surface area contributed by atoms with E-state index in [0.717, 1.165) is 5.69 Å². The minimum absolute atomic E-state index is 0.404. The van der Waals surface area contributed by atoms with Crippen molar-refractivity contribution in [2.75, 3.05) is 19.0 Å². The first-order valence-electron chi connectivity index (χ1n) is 10.7. The Morgan fingerprint density at radius 1 is 0.828 bits per heavy atom. The fraction of sp³-hybridized carbons (Fsp3) is 0.520. The summed E-state index contributed by atoms with van der Waals surface area (Å²) < 4.78 is 0. The molecule has 0 aliphatic heterocycles. The second-order valence-electron chi connectivity index (χ2n) is 8.91. The number of hydrogen-bond donors (Lipinski definition) is 0. The summed E-state index contributed by atoms with van der Waals surface area (Å²) in [7, 11) is 4.28. The molecule has 0 saturated carbocycles. The van der Waals surface area contributed by atoms with Crippen molar-refractivity contribution in [3.05, 3.63) is 59.7 Å². The van der Waals surface area contributed by atoms with E-state index in [4.69, 9.17) is 0 Å². The van der Waals surface area contributed by atoms with E-state index in [2.05, 4.69) is 118 Å². The van der Waals surface area contributed by atoms with E-state index in [1.165, 1.54) is 16.8 Å². The van der Waals surface area contributed by atoms with Crippen molar-refractivity contribution in [3.63, 3.8) is 0 Å². The molecule has 0 fully saturated rings. The maximum absolute atomic E-state index is 4.50. The minimum Gasteiger partial charge on any atom is -0.367 e. The number of anilines is 1. The Bertz CT molecular complexity index is 777. The van der Waals surface area contributed by atoms with Gasteiger partial charge in [0.05, 0.1) is 12.2 Å². The van der Waals surface area contributed by atoms with Crippen LogP contribution in [0.25, 0.3) is 0 Å². The van der Waals surface area contributed by atoms with Gasteiger partial charge in [0.2, 0.25) is 0 Å². The van der Waals surface area contributed by atoms with Gasteiger partial charge in [0.15, 0.2) is 0 Å². The first kappa shape index (κ1) is 23.1. The smallest absolute Gasteiger partial charge is 0.0873 e. The molecule has 0 spiro atoms. The third-order valence-corrected chi connectivity index (χ3v) is 5.16. The summed E-state index contributed by atoms with van der Waals surface area (Å²) in [6.07, 6.45) is 0. The van der Waals surface area contributed by atoms with Crippen LogP contribution in [0.4, 0.5) is 11.4 Å². The molecule has 0 amide bonds. The summed E-state index contributed by atoms with van der Waals surface area (Å²) in [5, 5.41) is 8.98. The third-order valence-electron chi connectivity index (χ3n) is 5.16. The normalized spacial score (nSPS) is 13.2. The van der Waals surface area contributed by atoms with Crippen LogP contribution in [0, 0.1) is 5.92 Å². The molecular formula is C25H38N4. The summed E-state index contributed by atoms with van der Waals surface area (Å²) in [4.78, 5) is 4.68. The molecule has 2 aromatic rings. The maximum atomic E-state index is 4.50. The standard InChI is InChI=1S/C25H38N4/c1-18(2)25(28(7)8)22-12-9-11-21(15-22)17-26-27-23-13-10-14-24(16-23)29(19(3)4)20(5)6/h9-16,18-20,25H,17H2,1-8H3. The highest BCUT2D eigenvalue weighted by molar-refractivity contribution is 5.56. The van der Waals surface area contributed by atoms with Gasteiger partial charge < -0.3 is 9.80 Å². The highest BCUT2D eigenvalue weighted by Crippen LogP contribution is 2.28. The molecule has 0 N–H and O–H groups in total. The third kappa shape index (κ3) is 6.40. The van der Waals surface area contributed by atoms with Gasteiger partial charge in [0, 0.05) is 23.8 Å². The molecule has 1 atom stereocenters. The first-order chi connectivity index (χ1) is 13.7. The van der Waals surface area contributed by atoms with Crippen LogP contribution in [0.15, 0.2) is 58.8 Å². The van der Waals surface area contributed by atoms with Gasteiger partial charge in [-0.3, -0.25) is 0 Å². The SMILES string of the molecule is CC(C)C(c1cccc(CN=Nc2cccc(N(C(C)C)C(C)C)c2)c1)N(C)C. The molecule has 1 unspecified atom stereocenters. The van der Waals surface area contributed by atoms with Gasteiger partial charge in [-0.15, -0.1) is 0 Å². The first-order valence-corrected chi connectivity index (χ1v) is 10.7. The zero-order valence-electron chi connectivity index (χ0n) is 19.4. The predicted octanol–water partition coefficient (Wildman–Crippen LogP) is 6.85. The molecule has 2 rings (SSSR count). The van der Waals surface area contributed by atoms with Crippen molar-refractivity contribution >= 4 is 11.4 Å². The Morgan fingerprint density at radius 3 is 2.07 bits per heavy atom. The van der Waals surface area contributed by atoms with Crippen LogP contribution < -0.4 is 4.90 Å². The lowest BCUT2D eigenvalue weighted by Gasteiger charge is -2.33. The van der Waals surface area contributed by atoms with E-state index in [-0.39, 0.29) is 0 Å². The number of nitrogens with zero attached hydrogens (tertiary/aromatic N) is 4. The van der Waals surface area contributed by atoms with Crippen LogP contribution in [0.2, 0.25) is 0 Å². The molecule has 0 radical (unpaired) electrons. The van der Waals surface area contributed by atoms with E-state index in [9.17, 15) is 0 Å². The Labute approximate surface area is 177 Å². The van der Waals surface area contributed by atoms with Crippen LogP contribution in [-0.4, -0.2) is 31.1 Å². The van der Waals surface area contributed by atoms with Crippen LogP contribution in [0.5, 0.6) is 0 Å². The van der Waals surface area contributed by atoms with E-state index >= 15 is 0 Å². The van der Waals surface area contributed by atoms with Gasteiger partial charge in [-0.05, 0) is 77.0 Å². The van der Waals surface area contributed by atoms with Gasteiger partial charge in [0.25, 0.3) is 0 Å². The number of rotatable bonds is 9. The van der Waals surface area contributed by atoms with E-state index in [1.54, 1.807) is 0 Å². The molecule has 0 aliphatic carbocycles. The predicted molar refractivity (Wildman–Crippen MR) is 125 cm³/mol. The van der Waals surface area contributed by atoms with Gasteiger partial charge in [0.1, 0.15) is 0 Å². The number of hydrogen-bond acceptors (Lipinski definition) is 4. The van der Waals surface area contributed by atoms with Gasteiger partial charge in [-0.2, -0.15) is 10.2 Å². The van der Waals surface area contributed by atoms with Crippen molar-refractivity contribution in [1.82, 2.24) is 4.90 Å². The molecule has 0 bridgehead atoms. The lowest BCUT2D eigenvalue weighted by atomic mass is 9.94. The fourth-order valence-corrected chi connectivity index (χ4v) is 4.26. The van der Waals surface area contributed by atoms with Crippen molar-refractivity contribution < 1.29 is 0 Å². The Morgan fingerprint density at radius 2 is 1.48 bits per heavy atom. The maximum Gasteiger partial charge on any atom is 0.0873 e. The molecular weight excluding hydrogens is 356 g/mol. The lowest BCUT2D eigenvalue weighted by Crippen LogP contribution is -2.36. The molecule has 158 valence electrons. The quantitative estimate of drug-likeness (QED) is 0.435. The highest BCUT2D eigenvalue weighted by Gasteiger charge is 2.18. The number of benzene rings is 2. The van der Waals surface area contributed by atoms with Crippen LogP contribution >= 0.6 is 0 Å². The zero-order chi connectivity index (χ0) is 21.6. The van der Waals surface area contributed by atoms with E-state index in [1.807, 2.05) is 6.07 Å². The van der Waals surface area contributed by atoms with Crippen molar-refractivity contribution in [1.29, 1.82) is 0 Å². The Balaban J connectivity index is 2.15. The Kier molecular flexibility index (Phi) is 8.39. The molecule has 2 aromatic carbocycles. The summed E-state index contributed by atoms with van der Waals surface area (Å²) in [5.41, 5.74) is 4.63. The van der Waals surface area contributed by atoms with Gasteiger partial charge in [-0.1, -0.05) is 44.2 Å². The summed E-state index contributed by atoms with van der Waals surface area (Å²) in [6.45, 7) is 14.0. The van der Waals surface area contributed by atoms with Crippen molar-refractivity contribution in [3.8, 4) is 0 Å². The van der Waals surface area contributed by atoms with Crippen LogP contribution in [-0.2, 0) is 6.54 Å². The molecule has 0 saturated heterocycles. The molecule has 0 aliphatic rings. The topological polar surface area (TPSA) is 31.2 Å². The van der Waals surface area contributed by atoms with Crippen molar-refractivity contribution in [2.24, 2.45) is 16.1 Å². The molecule has 4 nitrogen and oxygen atoms in total. The lowest BCUT2D eigenvalue weighted by molar-refractivity contribution is 0.235. The summed E-state index contributed by atoms with van der Waals surface area (Å²) in [6, 6.07) is 18.4.